The van der Waals surface area contributed by atoms with Gasteiger partial charge in [0, 0.05) is 31.0 Å². The summed E-state index contributed by atoms with van der Waals surface area (Å²) in [5.41, 5.74) is 1.86. The molecule has 1 aliphatic rings. The molecule has 3 rings (SSSR count). The summed E-state index contributed by atoms with van der Waals surface area (Å²) < 4.78 is 37.8. The minimum absolute atomic E-state index is 0.0227. The summed E-state index contributed by atoms with van der Waals surface area (Å²) in [4.78, 5) is 21.9. The number of halogens is 3. The lowest BCUT2D eigenvalue weighted by atomic mass is 9.98. The van der Waals surface area contributed by atoms with Crippen molar-refractivity contribution in [1.82, 2.24) is 14.9 Å². The number of aliphatic hydroxyl groups excluding tert-OH is 3. The first-order valence-corrected chi connectivity index (χ1v) is 9.82. The third kappa shape index (κ3) is 5.42. The summed E-state index contributed by atoms with van der Waals surface area (Å²) in [6.45, 7) is 1.87. The molecule has 0 saturated carbocycles. The molecule has 2 aromatic heterocycles. The second-order valence-electron chi connectivity index (χ2n) is 7.41. The van der Waals surface area contributed by atoms with E-state index in [0.717, 1.165) is 23.3 Å². The topological polar surface area (TPSA) is 119 Å². The quantitative estimate of drug-likeness (QED) is 0.554. The van der Waals surface area contributed by atoms with E-state index >= 15 is 0 Å². The van der Waals surface area contributed by atoms with Gasteiger partial charge < -0.3 is 20.2 Å². The van der Waals surface area contributed by atoms with E-state index in [2.05, 4.69) is 15.3 Å². The van der Waals surface area contributed by atoms with Crippen LogP contribution in [0, 0.1) is 6.92 Å². The molecule has 172 valence electrons. The summed E-state index contributed by atoms with van der Waals surface area (Å²) in [6, 6.07) is 3.16. The number of carbonyl (C=O) groups excluding carboxylic acids is 1. The third-order valence-corrected chi connectivity index (χ3v) is 5.12. The third-order valence-electron chi connectivity index (χ3n) is 5.12. The molecule has 2 amide bonds. The number of aryl methyl sites for hydroxylation is 1. The number of hydrogen-bond acceptors (Lipinski definition) is 6. The normalized spacial score (nSPS) is 16.3. The summed E-state index contributed by atoms with van der Waals surface area (Å²) in [6.07, 6.45) is -2.62. The van der Waals surface area contributed by atoms with Crippen molar-refractivity contribution >= 4 is 17.4 Å². The van der Waals surface area contributed by atoms with Crippen LogP contribution in [0.2, 0.25) is 0 Å². The van der Waals surface area contributed by atoms with Crippen LogP contribution in [0.3, 0.4) is 0 Å². The van der Waals surface area contributed by atoms with Crippen LogP contribution in [-0.2, 0) is 6.18 Å². The van der Waals surface area contributed by atoms with Gasteiger partial charge in [-0.2, -0.15) is 13.2 Å². The number of aliphatic hydroxyl groups is 3. The van der Waals surface area contributed by atoms with E-state index in [1.54, 1.807) is 13.0 Å². The van der Waals surface area contributed by atoms with Crippen molar-refractivity contribution in [3.8, 4) is 0 Å². The number of carbonyl (C=O) groups is 1. The molecule has 2 aromatic rings. The second-order valence-corrected chi connectivity index (χ2v) is 7.41. The van der Waals surface area contributed by atoms with E-state index in [9.17, 15) is 28.2 Å². The van der Waals surface area contributed by atoms with Crippen molar-refractivity contribution in [3.63, 3.8) is 0 Å². The van der Waals surface area contributed by atoms with Gasteiger partial charge in [-0.15, -0.1) is 0 Å². The second kappa shape index (κ2) is 9.63. The number of urea groups is 1. The van der Waals surface area contributed by atoms with Crippen LogP contribution in [0.15, 0.2) is 36.7 Å². The van der Waals surface area contributed by atoms with Crippen LogP contribution in [0.25, 0.3) is 5.57 Å². The first-order valence-electron chi connectivity index (χ1n) is 9.82. The first kappa shape index (κ1) is 23.6. The lowest BCUT2D eigenvalue weighted by molar-refractivity contribution is -0.137. The molecule has 0 unspecified atom stereocenters. The minimum Gasteiger partial charge on any atom is -0.394 e. The fourth-order valence-corrected chi connectivity index (χ4v) is 3.31. The fraction of sp³-hybridized carbons (Fsp3) is 0.381. The highest BCUT2D eigenvalue weighted by Gasteiger charge is 2.31. The molecule has 0 spiro atoms. The van der Waals surface area contributed by atoms with E-state index in [1.165, 1.54) is 11.1 Å². The van der Waals surface area contributed by atoms with Crippen molar-refractivity contribution in [2.45, 2.75) is 31.7 Å². The molecule has 0 fully saturated rings. The monoisotopic (exact) mass is 452 g/mol. The van der Waals surface area contributed by atoms with Crippen LogP contribution in [0.1, 0.15) is 34.9 Å². The lowest BCUT2D eigenvalue weighted by Crippen LogP contribution is -2.38. The fourth-order valence-electron chi connectivity index (χ4n) is 3.31. The minimum atomic E-state index is -4.50. The van der Waals surface area contributed by atoms with Gasteiger partial charge in [0.25, 0.3) is 0 Å². The van der Waals surface area contributed by atoms with Gasteiger partial charge in [-0.1, -0.05) is 6.08 Å². The molecule has 0 aliphatic carbocycles. The van der Waals surface area contributed by atoms with Gasteiger partial charge in [0.1, 0.15) is 18.0 Å². The lowest BCUT2D eigenvalue weighted by Gasteiger charge is -2.27. The van der Waals surface area contributed by atoms with Gasteiger partial charge in [0.2, 0.25) is 0 Å². The molecule has 3 heterocycles. The Hall–Kier alpha value is -3.02. The molecule has 32 heavy (non-hydrogen) atoms. The van der Waals surface area contributed by atoms with Crippen molar-refractivity contribution in [2.75, 3.05) is 25.0 Å². The highest BCUT2D eigenvalue weighted by Crippen LogP contribution is 2.29. The van der Waals surface area contributed by atoms with Gasteiger partial charge in [-0.3, -0.25) is 10.3 Å². The number of pyridine rings is 2. The Balaban J connectivity index is 1.63. The summed E-state index contributed by atoms with van der Waals surface area (Å²) in [5.74, 6) is 0.0227. The molecule has 8 nitrogen and oxygen atoms in total. The molecule has 0 radical (unpaired) electrons. The maximum atomic E-state index is 12.6. The SMILES string of the molecule is Cc1cc([C@H](O)[C@@H](O)CO)cnc1C1=CCN(C(=O)Nc2ccc(C(F)(F)F)cn2)CC1. The molecule has 0 aromatic carbocycles. The van der Waals surface area contributed by atoms with Crippen LogP contribution in [0.5, 0.6) is 0 Å². The Kier molecular flexibility index (Phi) is 7.12. The van der Waals surface area contributed by atoms with Crippen molar-refractivity contribution in [1.29, 1.82) is 0 Å². The smallest absolute Gasteiger partial charge is 0.394 e. The molecular weight excluding hydrogens is 429 g/mol. The number of nitrogens with one attached hydrogen (secondary N) is 1. The average Bonchev–Trinajstić information content (AvgIpc) is 2.77. The Morgan fingerprint density at radius 3 is 2.53 bits per heavy atom. The van der Waals surface area contributed by atoms with Gasteiger partial charge in [-0.05, 0) is 42.7 Å². The molecule has 0 bridgehead atoms. The summed E-state index contributed by atoms with van der Waals surface area (Å²) in [7, 11) is 0. The Morgan fingerprint density at radius 1 is 1.25 bits per heavy atom. The molecule has 11 heteroatoms. The number of nitrogens with zero attached hydrogens (tertiary/aromatic N) is 3. The number of alkyl halides is 3. The highest BCUT2D eigenvalue weighted by atomic mass is 19.4. The first-order chi connectivity index (χ1) is 15.1. The van der Waals surface area contributed by atoms with E-state index in [1.807, 2.05) is 6.08 Å². The van der Waals surface area contributed by atoms with E-state index in [-0.39, 0.29) is 12.4 Å². The van der Waals surface area contributed by atoms with Crippen LogP contribution < -0.4 is 5.32 Å². The van der Waals surface area contributed by atoms with Crippen LogP contribution in [0.4, 0.5) is 23.8 Å². The van der Waals surface area contributed by atoms with Gasteiger partial charge in [0.15, 0.2) is 0 Å². The van der Waals surface area contributed by atoms with Crippen molar-refractivity contribution in [3.05, 3.63) is 59.1 Å². The number of aromatic nitrogens is 2. The van der Waals surface area contributed by atoms with Crippen LogP contribution in [-0.4, -0.2) is 62.0 Å². The van der Waals surface area contributed by atoms with E-state index < -0.39 is 36.6 Å². The predicted octanol–water partition coefficient (Wildman–Crippen LogP) is 2.51. The standard InChI is InChI=1S/C21H23F3N4O4/c1-12-8-14(19(31)16(30)11-29)9-26-18(12)13-4-6-28(7-5-13)20(32)27-17-3-2-15(10-25-17)21(22,23)24/h2-4,8-10,16,19,29-31H,5-7,11H2,1H3,(H,25,27,32)/t16-,19-/m0/s1. The summed E-state index contributed by atoms with van der Waals surface area (Å²) in [5, 5.41) is 31.1. The Bertz CT molecular complexity index is 996. The predicted molar refractivity (Wildman–Crippen MR) is 109 cm³/mol. The summed E-state index contributed by atoms with van der Waals surface area (Å²) >= 11 is 0. The zero-order valence-corrected chi connectivity index (χ0v) is 17.2. The zero-order chi connectivity index (χ0) is 23.5. The Morgan fingerprint density at radius 2 is 2.00 bits per heavy atom. The van der Waals surface area contributed by atoms with Gasteiger partial charge in [-0.25, -0.2) is 9.78 Å². The maximum Gasteiger partial charge on any atom is 0.417 e. The maximum absolute atomic E-state index is 12.6. The molecular formula is C21H23F3N4O4. The number of anilines is 1. The molecule has 2 atom stereocenters. The van der Waals surface area contributed by atoms with Crippen molar-refractivity contribution in [2.24, 2.45) is 0 Å². The van der Waals surface area contributed by atoms with Gasteiger partial charge >= 0.3 is 12.2 Å². The Labute approximate surface area is 182 Å². The molecule has 1 aliphatic heterocycles. The van der Waals surface area contributed by atoms with E-state index in [4.69, 9.17) is 5.11 Å². The van der Waals surface area contributed by atoms with Gasteiger partial charge in [0.05, 0.1) is 17.9 Å². The number of rotatable bonds is 5. The number of hydrogen-bond donors (Lipinski definition) is 4. The van der Waals surface area contributed by atoms with E-state index in [0.29, 0.717) is 30.4 Å². The molecule has 0 saturated heterocycles. The average molecular weight is 452 g/mol. The number of amides is 2. The van der Waals surface area contributed by atoms with Crippen LogP contribution >= 0.6 is 0 Å². The molecule has 4 N–H and O–H groups in total. The zero-order valence-electron chi connectivity index (χ0n) is 17.2. The largest absolute Gasteiger partial charge is 0.417 e. The highest BCUT2D eigenvalue weighted by molar-refractivity contribution is 5.89. The van der Waals surface area contributed by atoms with Crippen molar-refractivity contribution < 1.29 is 33.3 Å².